The number of aromatic amines is 1. The zero-order valence-electron chi connectivity index (χ0n) is 10.1. The van der Waals surface area contributed by atoms with Crippen molar-refractivity contribution in [3.05, 3.63) is 50.1 Å². The number of hydrogen-bond donors (Lipinski definition) is 2. The van der Waals surface area contributed by atoms with Gasteiger partial charge in [-0.3, -0.25) is 4.98 Å². The summed E-state index contributed by atoms with van der Waals surface area (Å²) in [4.78, 5) is 13.7. The highest BCUT2D eigenvalue weighted by Gasteiger charge is 2.09. The summed E-state index contributed by atoms with van der Waals surface area (Å²) in [5.41, 5.74) is 3.29. The van der Waals surface area contributed by atoms with Gasteiger partial charge in [-0.25, -0.2) is 4.79 Å². The maximum Gasteiger partial charge on any atom is 0.417 e. The average Bonchev–Trinajstić information content (AvgIpc) is 2.93. The maximum atomic E-state index is 11.1. The van der Waals surface area contributed by atoms with E-state index in [0.29, 0.717) is 11.1 Å². The lowest BCUT2D eigenvalue weighted by molar-refractivity contribution is 0.555. The van der Waals surface area contributed by atoms with Crippen LogP contribution in [-0.4, -0.2) is 4.98 Å². The Balaban J connectivity index is 1.86. The van der Waals surface area contributed by atoms with Crippen molar-refractivity contribution in [3.63, 3.8) is 0 Å². The van der Waals surface area contributed by atoms with Crippen LogP contribution >= 0.6 is 22.9 Å². The Hall–Kier alpha value is -1.72. The summed E-state index contributed by atoms with van der Waals surface area (Å²) in [6, 6.07) is 7.58. The first kappa shape index (κ1) is 12.3. The van der Waals surface area contributed by atoms with Crippen molar-refractivity contribution in [2.75, 3.05) is 5.32 Å². The largest absolute Gasteiger partial charge is 0.417 e. The van der Waals surface area contributed by atoms with Crippen LogP contribution < -0.4 is 11.1 Å². The molecule has 0 aliphatic carbocycles. The molecule has 0 aliphatic rings. The lowest BCUT2D eigenvalue weighted by atomic mass is 10.1. The molecule has 0 amide bonds. The van der Waals surface area contributed by atoms with E-state index in [9.17, 15) is 4.79 Å². The van der Waals surface area contributed by atoms with Crippen molar-refractivity contribution >= 4 is 39.7 Å². The molecule has 19 heavy (non-hydrogen) atoms. The summed E-state index contributed by atoms with van der Waals surface area (Å²) in [6.45, 7) is 2.06. The third-order valence-electron chi connectivity index (χ3n) is 2.89. The van der Waals surface area contributed by atoms with E-state index in [4.69, 9.17) is 16.0 Å². The van der Waals surface area contributed by atoms with E-state index >= 15 is 0 Å². The molecule has 1 aromatic carbocycles. The van der Waals surface area contributed by atoms with Crippen LogP contribution in [-0.2, 0) is 0 Å². The molecule has 4 nitrogen and oxygen atoms in total. The summed E-state index contributed by atoms with van der Waals surface area (Å²) in [5, 5.41) is 5.38. The molecule has 0 bridgehead atoms. The number of fused-ring (bicyclic) bond motifs is 1. The maximum absolute atomic E-state index is 11.1. The molecule has 0 fully saturated rings. The fourth-order valence-corrected chi connectivity index (χ4v) is 2.91. The van der Waals surface area contributed by atoms with Gasteiger partial charge in [0.1, 0.15) is 0 Å². The van der Waals surface area contributed by atoms with Gasteiger partial charge < -0.3 is 9.73 Å². The van der Waals surface area contributed by atoms with Gasteiger partial charge in [0, 0.05) is 11.7 Å². The van der Waals surface area contributed by atoms with Crippen LogP contribution in [0.5, 0.6) is 0 Å². The Bertz CT molecular complexity index is 774. The van der Waals surface area contributed by atoms with Crippen LogP contribution in [0.25, 0.3) is 11.1 Å². The second kappa shape index (κ2) is 4.75. The van der Waals surface area contributed by atoms with Crippen molar-refractivity contribution < 1.29 is 4.42 Å². The molecule has 6 heteroatoms. The van der Waals surface area contributed by atoms with E-state index in [1.807, 2.05) is 23.6 Å². The molecule has 0 aliphatic heterocycles. The summed E-state index contributed by atoms with van der Waals surface area (Å²) in [6.07, 6.45) is 0. The number of oxazole rings is 1. The van der Waals surface area contributed by atoms with E-state index in [-0.39, 0.29) is 6.04 Å². The topological polar surface area (TPSA) is 58.0 Å². The third kappa shape index (κ3) is 2.52. The number of benzene rings is 1. The van der Waals surface area contributed by atoms with Crippen LogP contribution in [0.1, 0.15) is 18.5 Å². The second-order valence-electron chi connectivity index (χ2n) is 4.28. The summed E-state index contributed by atoms with van der Waals surface area (Å²) in [7, 11) is 0. The molecule has 98 valence electrons. The normalized spacial score (nSPS) is 12.7. The molecular weight excluding hydrogens is 284 g/mol. The SMILES string of the molecule is CC(Nc1ccc2oc(=O)[nH]c2c1)c1csc(Cl)c1. The van der Waals surface area contributed by atoms with Crippen LogP contribution in [0.15, 0.2) is 38.9 Å². The summed E-state index contributed by atoms with van der Waals surface area (Å²) >= 11 is 7.44. The quantitative estimate of drug-likeness (QED) is 0.767. The number of rotatable bonds is 3. The summed E-state index contributed by atoms with van der Waals surface area (Å²) < 4.78 is 5.74. The molecule has 1 unspecified atom stereocenters. The van der Waals surface area contributed by atoms with Crippen molar-refractivity contribution in [1.29, 1.82) is 0 Å². The molecule has 0 saturated heterocycles. The number of H-pyrrole nitrogens is 1. The molecule has 2 aromatic heterocycles. The Morgan fingerprint density at radius 1 is 1.42 bits per heavy atom. The van der Waals surface area contributed by atoms with Crippen molar-refractivity contribution in [2.24, 2.45) is 0 Å². The molecule has 0 radical (unpaired) electrons. The highest BCUT2D eigenvalue weighted by atomic mass is 35.5. The van der Waals surface area contributed by atoms with Crippen LogP contribution in [0, 0.1) is 0 Å². The standard InChI is InChI=1S/C13H11ClN2O2S/c1-7(8-4-12(14)19-6-8)15-9-2-3-11-10(5-9)16-13(17)18-11/h2-7,15H,1H3,(H,16,17). The van der Waals surface area contributed by atoms with E-state index in [1.165, 1.54) is 11.3 Å². The van der Waals surface area contributed by atoms with Gasteiger partial charge in [0.15, 0.2) is 5.58 Å². The average molecular weight is 295 g/mol. The van der Waals surface area contributed by atoms with Crippen LogP contribution in [0.4, 0.5) is 5.69 Å². The van der Waals surface area contributed by atoms with Crippen molar-refractivity contribution in [3.8, 4) is 0 Å². The van der Waals surface area contributed by atoms with E-state index in [0.717, 1.165) is 15.6 Å². The van der Waals surface area contributed by atoms with Gasteiger partial charge in [-0.1, -0.05) is 11.6 Å². The molecule has 2 N–H and O–H groups in total. The van der Waals surface area contributed by atoms with E-state index in [1.54, 1.807) is 6.07 Å². The zero-order valence-corrected chi connectivity index (χ0v) is 11.6. The molecule has 2 heterocycles. The van der Waals surface area contributed by atoms with Crippen LogP contribution in [0.2, 0.25) is 4.34 Å². The number of nitrogens with one attached hydrogen (secondary N) is 2. The van der Waals surface area contributed by atoms with Gasteiger partial charge in [0.2, 0.25) is 0 Å². The fourth-order valence-electron chi connectivity index (χ4n) is 1.93. The van der Waals surface area contributed by atoms with E-state index < -0.39 is 5.76 Å². The van der Waals surface area contributed by atoms with Gasteiger partial charge in [-0.05, 0) is 42.1 Å². The number of halogens is 1. The number of hydrogen-bond acceptors (Lipinski definition) is 4. The Morgan fingerprint density at radius 3 is 3.00 bits per heavy atom. The van der Waals surface area contributed by atoms with Gasteiger partial charge in [-0.15, -0.1) is 11.3 Å². The first-order valence-corrected chi connectivity index (χ1v) is 7.01. The Morgan fingerprint density at radius 2 is 2.26 bits per heavy atom. The monoisotopic (exact) mass is 294 g/mol. The summed E-state index contributed by atoms with van der Waals surface area (Å²) in [5.74, 6) is -0.440. The molecule has 3 aromatic rings. The Kier molecular flexibility index (Phi) is 3.08. The number of anilines is 1. The Labute approximate surface area is 118 Å². The minimum absolute atomic E-state index is 0.139. The van der Waals surface area contributed by atoms with Gasteiger partial charge in [-0.2, -0.15) is 0 Å². The number of aromatic nitrogens is 1. The molecule has 0 saturated carbocycles. The first-order chi connectivity index (χ1) is 9.11. The molecule has 3 rings (SSSR count). The number of thiophene rings is 1. The van der Waals surface area contributed by atoms with Gasteiger partial charge in [0.05, 0.1) is 9.85 Å². The van der Waals surface area contributed by atoms with E-state index in [2.05, 4.69) is 17.2 Å². The first-order valence-electron chi connectivity index (χ1n) is 5.75. The predicted molar refractivity (Wildman–Crippen MR) is 78.2 cm³/mol. The second-order valence-corrected chi connectivity index (χ2v) is 5.82. The lowest BCUT2D eigenvalue weighted by Gasteiger charge is -2.13. The fraction of sp³-hybridized carbons (Fsp3) is 0.154. The zero-order chi connectivity index (χ0) is 13.4. The lowest BCUT2D eigenvalue weighted by Crippen LogP contribution is -2.05. The minimum atomic E-state index is -0.440. The minimum Gasteiger partial charge on any atom is -0.408 e. The predicted octanol–water partition coefficient (Wildman–Crippen LogP) is 4.01. The molecule has 1 atom stereocenters. The van der Waals surface area contributed by atoms with Gasteiger partial charge >= 0.3 is 5.76 Å². The molecular formula is C13H11ClN2O2S. The van der Waals surface area contributed by atoms with Crippen molar-refractivity contribution in [2.45, 2.75) is 13.0 Å². The van der Waals surface area contributed by atoms with Crippen molar-refractivity contribution in [1.82, 2.24) is 4.98 Å². The third-order valence-corrected chi connectivity index (χ3v) is 4.00. The highest BCUT2D eigenvalue weighted by molar-refractivity contribution is 7.14. The highest BCUT2D eigenvalue weighted by Crippen LogP contribution is 2.27. The smallest absolute Gasteiger partial charge is 0.408 e. The van der Waals surface area contributed by atoms with Crippen LogP contribution in [0.3, 0.4) is 0 Å². The molecule has 0 spiro atoms. The van der Waals surface area contributed by atoms with Gasteiger partial charge in [0.25, 0.3) is 0 Å².